The predicted octanol–water partition coefficient (Wildman–Crippen LogP) is 1.09. The van der Waals surface area contributed by atoms with Crippen LogP contribution in [0.5, 0.6) is 0 Å². The molecule has 1 aromatic carbocycles. The van der Waals surface area contributed by atoms with Crippen LogP contribution in [0.25, 0.3) is 5.69 Å². The van der Waals surface area contributed by atoms with Gasteiger partial charge in [-0.05, 0) is 29.0 Å². The van der Waals surface area contributed by atoms with Crippen LogP contribution in [0, 0.1) is 10.1 Å². The second kappa shape index (κ2) is 5.65. The summed E-state index contributed by atoms with van der Waals surface area (Å²) in [6.45, 7) is 1.91. The van der Waals surface area contributed by atoms with Crippen LogP contribution in [-0.4, -0.2) is 35.1 Å². The molecule has 2 rings (SSSR count). The van der Waals surface area contributed by atoms with Crippen molar-refractivity contribution < 1.29 is 9.13 Å². The number of rotatable bonds is 5. The lowest BCUT2D eigenvalue weighted by molar-refractivity contribution is -0.384. The number of nitro groups is 1. The van der Waals surface area contributed by atoms with Crippen molar-refractivity contribution in [1.29, 1.82) is 0 Å². The average Bonchev–Trinajstić information content (AvgIpc) is 2.88. The first-order chi connectivity index (χ1) is 9.13. The van der Waals surface area contributed by atoms with Crippen LogP contribution in [0.4, 0.5) is 5.69 Å². The summed E-state index contributed by atoms with van der Waals surface area (Å²) in [6.07, 6.45) is 0.750. The molecule has 0 N–H and O–H groups in total. The smallest absolute Gasteiger partial charge is 0.258 e. The zero-order valence-corrected chi connectivity index (χ0v) is 10.9. The average molecular weight is 281 g/mol. The van der Waals surface area contributed by atoms with Crippen molar-refractivity contribution in [2.75, 3.05) is 5.75 Å². The summed E-state index contributed by atoms with van der Waals surface area (Å²) in [7, 11) is -1.29. The van der Waals surface area contributed by atoms with Gasteiger partial charge in [-0.2, -0.15) is 4.68 Å². The first kappa shape index (κ1) is 13.3. The van der Waals surface area contributed by atoms with Gasteiger partial charge >= 0.3 is 0 Å². The van der Waals surface area contributed by atoms with E-state index >= 15 is 0 Å². The number of non-ortho nitro benzene ring substituents is 1. The van der Waals surface area contributed by atoms with Gasteiger partial charge in [-0.3, -0.25) is 14.3 Å². The molecule has 0 aliphatic carbocycles. The molecule has 1 aromatic heterocycles. The van der Waals surface area contributed by atoms with Gasteiger partial charge in [0.25, 0.3) is 5.69 Å². The molecule has 100 valence electrons. The number of nitrogens with zero attached hydrogens (tertiary/aromatic N) is 5. The Morgan fingerprint density at radius 1 is 1.37 bits per heavy atom. The summed E-state index contributed by atoms with van der Waals surface area (Å²) >= 11 is 0. The number of aromatic nitrogens is 4. The monoisotopic (exact) mass is 281 g/mol. The van der Waals surface area contributed by atoms with E-state index in [1.54, 1.807) is 0 Å². The van der Waals surface area contributed by atoms with E-state index in [0.717, 1.165) is 6.42 Å². The third-order valence-corrected chi connectivity index (χ3v) is 3.78. The Bertz CT molecular complexity index is 610. The Labute approximate surface area is 111 Å². The molecule has 19 heavy (non-hydrogen) atoms. The molecule has 1 unspecified atom stereocenters. The normalized spacial score (nSPS) is 12.3. The summed E-state index contributed by atoms with van der Waals surface area (Å²) in [5, 5.41) is 21.8. The fraction of sp³-hybridized carbons (Fsp3) is 0.300. The minimum absolute atomic E-state index is 0.0203. The summed E-state index contributed by atoms with van der Waals surface area (Å²) in [4.78, 5) is 10.1. The minimum Gasteiger partial charge on any atom is -0.258 e. The highest BCUT2D eigenvalue weighted by atomic mass is 32.2. The highest BCUT2D eigenvalue weighted by Gasteiger charge is 2.15. The van der Waals surface area contributed by atoms with Crippen LogP contribution in [0.3, 0.4) is 0 Å². The first-order valence-electron chi connectivity index (χ1n) is 5.55. The highest BCUT2D eigenvalue weighted by Crippen LogP contribution is 2.16. The lowest BCUT2D eigenvalue weighted by atomic mass is 10.3. The Morgan fingerprint density at radius 2 is 2.05 bits per heavy atom. The molecule has 0 amide bonds. The van der Waals surface area contributed by atoms with Crippen molar-refractivity contribution in [2.24, 2.45) is 0 Å². The van der Waals surface area contributed by atoms with Gasteiger partial charge in [0.1, 0.15) is 0 Å². The van der Waals surface area contributed by atoms with Crippen molar-refractivity contribution in [3.63, 3.8) is 0 Å². The molecule has 0 saturated heterocycles. The number of nitro benzene ring substituents is 1. The largest absolute Gasteiger partial charge is 0.269 e. The van der Waals surface area contributed by atoms with E-state index in [1.807, 2.05) is 6.92 Å². The van der Waals surface area contributed by atoms with Gasteiger partial charge in [0.2, 0.25) is 5.16 Å². The predicted molar refractivity (Wildman–Crippen MR) is 67.4 cm³/mol. The minimum atomic E-state index is -1.29. The molecule has 0 aliphatic rings. The molecule has 1 heterocycles. The Morgan fingerprint density at radius 3 is 2.63 bits per heavy atom. The molecule has 2 aromatic rings. The zero-order valence-electron chi connectivity index (χ0n) is 10.1. The maximum atomic E-state index is 11.9. The number of hydrogen-bond donors (Lipinski definition) is 0. The van der Waals surface area contributed by atoms with Gasteiger partial charge < -0.3 is 0 Å². The third-order valence-electron chi connectivity index (χ3n) is 2.34. The number of tetrazole rings is 1. The molecule has 9 heteroatoms. The van der Waals surface area contributed by atoms with Crippen LogP contribution in [-0.2, 0) is 10.8 Å². The zero-order chi connectivity index (χ0) is 13.8. The fourth-order valence-corrected chi connectivity index (χ4v) is 2.49. The van der Waals surface area contributed by atoms with Crippen LogP contribution in [0.1, 0.15) is 13.3 Å². The molecule has 1 atom stereocenters. The second-order valence-electron chi connectivity index (χ2n) is 3.70. The second-order valence-corrected chi connectivity index (χ2v) is 5.16. The van der Waals surface area contributed by atoms with Crippen molar-refractivity contribution in [3.8, 4) is 5.69 Å². The van der Waals surface area contributed by atoms with Crippen molar-refractivity contribution in [3.05, 3.63) is 34.4 Å². The molecular weight excluding hydrogens is 270 g/mol. The molecule has 0 fully saturated rings. The fourth-order valence-electron chi connectivity index (χ4n) is 1.48. The van der Waals surface area contributed by atoms with Crippen LogP contribution in [0.15, 0.2) is 29.4 Å². The Hall–Kier alpha value is -2.16. The van der Waals surface area contributed by atoms with Crippen molar-refractivity contribution >= 4 is 16.5 Å². The van der Waals surface area contributed by atoms with E-state index < -0.39 is 15.7 Å². The molecule has 8 nitrogen and oxygen atoms in total. The topological polar surface area (TPSA) is 104 Å². The molecule has 0 spiro atoms. The number of hydrogen-bond acceptors (Lipinski definition) is 6. The van der Waals surface area contributed by atoms with Gasteiger partial charge in [-0.1, -0.05) is 12.0 Å². The van der Waals surface area contributed by atoms with E-state index in [-0.39, 0.29) is 10.8 Å². The molecule has 0 bridgehead atoms. The van der Waals surface area contributed by atoms with Crippen LogP contribution in [0.2, 0.25) is 0 Å². The lowest BCUT2D eigenvalue weighted by Gasteiger charge is -2.03. The van der Waals surface area contributed by atoms with E-state index in [9.17, 15) is 14.3 Å². The molecular formula is C10H11N5O3S. The first-order valence-corrected chi connectivity index (χ1v) is 6.87. The van der Waals surface area contributed by atoms with Crippen molar-refractivity contribution in [2.45, 2.75) is 18.5 Å². The maximum absolute atomic E-state index is 11.9. The van der Waals surface area contributed by atoms with Crippen LogP contribution >= 0.6 is 0 Å². The SMILES string of the molecule is CCCS(=O)c1nnnn1-c1ccc([N+](=O)[O-])cc1. The summed E-state index contributed by atoms with van der Waals surface area (Å²) in [5.41, 5.74) is 0.517. The lowest BCUT2D eigenvalue weighted by Crippen LogP contribution is -2.07. The van der Waals surface area contributed by atoms with Gasteiger partial charge in [-0.25, -0.2) is 0 Å². The molecule has 0 aliphatic heterocycles. The summed E-state index contributed by atoms with van der Waals surface area (Å²) in [6, 6.07) is 5.73. The maximum Gasteiger partial charge on any atom is 0.269 e. The third kappa shape index (κ3) is 2.81. The number of benzene rings is 1. The molecule has 0 saturated carbocycles. The molecule has 0 radical (unpaired) electrons. The van der Waals surface area contributed by atoms with Gasteiger partial charge in [-0.15, -0.1) is 0 Å². The standard InChI is InChI=1S/C10H11N5O3S/c1-2-7-19(18)10-11-12-13-14(10)8-3-5-9(6-4-8)15(16)17/h3-6H,2,7H2,1H3. The summed E-state index contributed by atoms with van der Waals surface area (Å²) < 4.78 is 13.2. The van der Waals surface area contributed by atoms with Gasteiger partial charge in [0.15, 0.2) is 0 Å². The van der Waals surface area contributed by atoms with E-state index in [0.29, 0.717) is 11.4 Å². The van der Waals surface area contributed by atoms with Gasteiger partial charge in [0, 0.05) is 17.9 Å². The van der Waals surface area contributed by atoms with E-state index in [1.165, 1.54) is 28.9 Å². The highest BCUT2D eigenvalue weighted by molar-refractivity contribution is 7.84. The summed E-state index contributed by atoms with van der Waals surface area (Å²) in [5.74, 6) is 0.466. The van der Waals surface area contributed by atoms with Gasteiger partial charge in [0.05, 0.1) is 21.4 Å². The quantitative estimate of drug-likeness (QED) is 0.600. The van der Waals surface area contributed by atoms with Crippen molar-refractivity contribution in [1.82, 2.24) is 20.2 Å². The van der Waals surface area contributed by atoms with Crippen LogP contribution < -0.4 is 0 Å². The van der Waals surface area contributed by atoms with E-state index in [4.69, 9.17) is 0 Å². The van der Waals surface area contributed by atoms with E-state index in [2.05, 4.69) is 15.5 Å². The Balaban J connectivity index is 2.34. The Kier molecular flexibility index (Phi) is 3.95.